The van der Waals surface area contributed by atoms with Gasteiger partial charge in [-0.25, -0.2) is 4.79 Å². The normalized spacial score (nSPS) is 14.3. The molecule has 4 heteroatoms. The Morgan fingerprint density at radius 3 is 2.71 bits per heavy atom. The molecular formula is C17H16N2O2. The zero-order valence-electron chi connectivity index (χ0n) is 11.6. The fourth-order valence-corrected chi connectivity index (χ4v) is 3.45. The first kappa shape index (κ1) is 12.3. The number of carboxylic acid groups (broad SMARTS) is 1. The third-order valence-corrected chi connectivity index (χ3v) is 4.40. The number of benzene rings is 1. The highest BCUT2D eigenvalue weighted by molar-refractivity contribution is 5.97. The molecule has 4 rings (SSSR count). The van der Waals surface area contributed by atoms with Crippen LogP contribution in [0.3, 0.4) is 0 Å². The Bertz CT molecular complexity index is 842. The molecule has 1 aromatic carbocycles. The van der Waals surface area contributed by atoms with Gasteiger partial charge in [-0.15, -0.1) is 0 Å². The molecule has 3 aromatic rings. The van der Waals surface area contributed by atoms with Crippen LogP contribution >= 0.6 is 0 Å². The summed E-state index contributed by atoms with van der Waals surface area (Å²) in [5.41, 5.74) is 5.69. The highest BCUT2D eigenvalue weighted by Crippen LogP contribution is 2.36. The van der Waals surface area contributed by atoms with E-state index < -0.39 is 5.97 Å². The van der Waals surface area contributed by atoms with E-state index >= 15 is 0 Å². The summed E-state index contributed by atoms with van der Waals surface area (Å²) in [6, 6.07) is 8.14. The molecule has 0 bridgehead atoms. The van der Waals surface area contributed by atoms with Gasteiger partial charge in [0, 0.05) is 22.7 Å². The Kier molecular flexibility index (Phi) is 2.64. The number of fused-ring (bicyclic) bond motifs is 2. The smallest absolute Gasteiger partial charge is 0.352 e. The quantitative estimate of drug-likeness (QED) is 0.669. The average Bonchev–Trinajstić information content (AvgIpc) is 3.11. The molecule has 0 amide bonds. The van der Waals surface area contributed by atoms with Crippen molar-refractivity contribution in [3.8, 4) is 11.3 Å². The van der Waals surface area contributed by atoms with Gasteiger partial charge in [0.1, 0.15) is 5.69 Å². The molecule has 2 heterocycles. The predicted molar refractivity (Wildman–Crippen MR) is 81.7 cm³/mol. The van der Waals surface area contributed by atoms with Crippen LogP contribution in [-0.2, 0) is 12.8 Å². The number of aromatic nitrogens is 2. The highest BCUT2D eigenvalue weighted by atomic mass is 16.4. The van der Waals surface area contributed by atoms with E-state index in [0.717, 1.165) is 53.4 Å². The van der Waals surface area contributed by atoms with E-state index in [0.29, 0.717) is 5.69 Å². The number of carboxylic acids is 1. The molecule has 1 aliphatic rings. The van der Waals surface area contributed by atoms with Gasteiger partial charge >= 0.3 is 5.97 Å². The Morgan fingerprint density at radius 1 is 1.10 bits per heavy atom. The van der Waals surface area contributed by atoms with Crippen LogP contribution in [0, 0.1) is 0 Å². The first-order valence-electron chi connectivity index (χ1n) is 7.29. The SMILES string of the molecule is O=C(O)c1[nH]c(-c2cccc3[nH]ccc23)c2c1CCCC2. The summed E-state index contributed by atoms with van der Waals surface area (Å²) in [5, 5.41) is 10.6. The molecule has 0 unspecified atom stereocenters. The van der Waals surface area contributed by atoms with Gasteiger partial charge in [0.15, 0.2) is 0 Å². The Morgan fingerprint density at radius 2 is 1.90 bits per heavy atom. The summed E-state index contributed by atoms with van der Waals surface area (Å²) in [4.78, 5) is 17.9. The molecule has 0 saturated carbocycles. The van der Waals surface area contributed by atoms with Crippen molar-refractivity contribution in [3.63, 3.8) is 0 Å². The molecule has 1 aliphatic carbocycles. The molecule has 0 spiro atoms. The topological polar surface area (TPSA) is 68.9 Å². The predicted octanol–water partition coefficient (Wildman–Crippen LogP) is 3.74. The summed E-state index contributed by atoms with van der Waals surface area (Å²) in [5.74, 6) is -0.861. The van der Waals surface area contributed by atoms with Crippen molar-refractivity contribution < 1.29 is 9.90 Å². The first-order chi connectivity index (χ1) is 10.3. The van der Waals surface area contributed by atoms with Crippen LogP contribution in [-0.4, -0.2) is 21.0 Å². The molecule has 0 atom stereocenters. The van der Waals surface area contributed by atoms with Gasteiger partial charge in [0.2, 0.25) is 0 Å². The Labute approximate surface area is 121 Å². The van der Waals surface area contributed by atoms with E-state index in [1.165, 1.54) is 5.56 Å². The molecule has 0 fully saturated rings. The zero-order chi connectivity index (χ0) is 14.4. The summed E-state index contributed by atoms with van der Waals surface area (Å²) in [6.45, 7) is 0. The second-order valence-corrected chi connectivity index (χ2v) is 5.59. The summed E-state index contributed by atoms with van der Waals surface area (Å²) in [6.07, 6.45) is 5.92. The minimum Gasteiger partial charge on any atom is -0.477 e. The molecule has 4 nitrogen and oxygen atoms in total. The van der Waals surface area contributed by atoms with Crippen molar-refractivity contribution in [2.45, 2.75) is 25.7 Å². The largest absolute Gasteiger partial charge is 0.477 e. The summed E-state index contributed by atoms with van der Waals surface area (Å²) < 4.78 is 0. The van der Waals surface area contributed by atoms with Gasteiger partial charge in [0.25, 0.3) is 0 Å². The van der Waals surface area contributed by atoms with Crippen molar-refractivity contribution in [2.24, 2.45) is 0 Å². The molecule has 106 valence electrons. The molecule has 21 heavy (non-hydrogen) atoms. The van der Waals surface area contributed by atoms with E-state index in [-0.39, 0.29) is 0 Å². The van der Waals surface area contributed by atoms with Crippen molar-refractivity contribution in [1.29, 1.82) is 0 Å². The van der Waals surface area contributed by atoms with Crippen molar-refractivity contribution >= 4 is 16.9 Å². The maximum absolute atomic E-state index is 11.5. The van der Waals surface area contributed by atoms with E-state index in [2.05, 4.69) is 16.0 Å². The number of carbonyl (C=O) groups is 1. The van der Waals surface area contributed by atoms with E-state index in [4.69, 9.17) is 0 Å². The fraction of sp³-hybridized carbons (Fsp3) is 0.235. The lowest BCUT2D eigenvalue weighted by Crippen LogP contribution is -2.06. The summed E-state index contributed by atoms with van der Waals surface area (Å²) >= 11 is 0. The minimum atomic E-state index is -0.861. The number of H-pyrrole nitrogens is 2. The monoisotopic (exact) mass is 280 g/mol. The number of hydrogen-bond acceptors (Lipinski definition) is 1. The lowest BCUT2D eigenvalue weighted by Gasteiger charge is -2.13. The lowest BCUT2D eigenvalue weighted by atomic mass is 9.90. The van der Waals surface area contributed by atoms with Crippen molar-refractivity contribution in [1.82, 2.24) is 9.97 Å². The van der Waals surface area contributed by atoms with Crippen LogP contribution in [0.15, 0.2) is 30.5 Å². The number of aromatic amines is 2. The van der Waals surface area contributed by atoms with Crippen molar-refractivity contribution in [3.05, 3.63) is 47.3 Å². The maximum Gasteiger partial charge on any atom is 0.352 e. The Balaban J connectivity index is 2.00. The van der Waals surface area contributed by atoms with Gasteiger partial charge in [-0.3, -0.25) is 0 Å². The van der Waals surface area contributed by atoms with Crippen LogP contribution in [0.1, 0.15) is 34.5 Å². The average molecular weight is 280 g/mol. The van der Waals surface area contributed by atoms with Gasteiger partial charge in [-0.1, -0.05) is 12.1 Å². The van der Waals surface area contributed by atoms with Crippen LogP contribution in [0.4, 0.5) is 0 Å². The molecule has 0 saturated heterocycles. The van der Waals surface area contributed by atoms with E-state index in [9.17, 15) is 9.90 Å². The van der Waals surface area contributed by atoms with Crippen molar-refractivity contribution in [2.75, 3.05) is 0 Å². The third-order valence-electron chi connectivity index (χ3n) is 4.40. The number of rotatable bonds is 2. The molecule has 0 radical (unpaired) electrons. The third kappa shape index (κ3) is 1.79. The van der Waals surface area contributed by atoms with Gasteiger partial charge < -0.3 is 15.1 Å². The van der Waals surface area contributed by atoms with E-state index in [1.807, 2.05) is 24.4 Å². The molecular weight excluding hydrogens is 264 g/mol. The lowest BCUT2D eigenvalue weighted by molar-refractivity contribution is 0.0690. The van der Waals surface area contributed by atoms with Gasteiger partial charge in [-0.05, 0) is 48.9 Å². The van der Waals surface area contributed by atoms with Crippen LogP contribution < -0.4 is 0 Å². The number of aromatic carboxylic acids is 1. The number of nitrogens with one attached hydrogen (secondary N) is 2. The van der Waals surface area contributed by atoms with Crippen LogP contribution in [0.25, 0.3) is 22.2 Å². The second kappa shape index (κ2) is 4.52. The van der Waals surface area contributed by atoms with E-state index in [1.54, 1.807) is 0 Å². The second-order valence-electron chi connectivity index (χ2n) is 5.59. The van der Waals surface area contributed by atoms with Crippen LogP contribution in [0.5, 0.6) is 0 Å². The number of hydrogen-bond donors (Lipinski definition) is 3. The molecule has 0 aliphatic heterocycles. The van der Waals surface area contributed by atoms with Crippen LogP contribution in [0.2, 0.25) is 0 Å². The zero-order valence-corrected chi connectivity index (χ0v) is 11.6. The minimum absolute atomic E-state index is 0.368. The fourth-order valence-electron chi connectivity index (χ4n) is 3.45. The van der Waals surface area contributed by atoms with Gasteiger partial charge in [0.05, 0.1) is 5.69 Å². The highest BCUT2D eigenvalue weighted by Gasteiger charge is 2.25. The van der Waals surface area contributed by atoms with Gasteiger partial charge in [-0.2, -0.15) is 0 Å². The molecule has 3 N–H and O–H groups in total. The Hall–Kier alpha value is -2.49. The maximum atomic E-state index is 11.5. The molecule has 2 aromatic heterocycles. The first-order valence-corrected chi connectivity index (χ1v) is 7.29. The standard InChI is InChI=1S/C17H16N2O2/c20-17(21)16-13-5-2-1-4-12(13)15(19-16)11-6-3-7-14-10(11)8-9-18-14/h3,6-9,18-19H,1-2,4-5H2,(H,20,21). The summed E-state index contributed by atoms with van der Waals surface area (Å²) in [7, 11) is 0.